The molecule has 1 aromatic heterocycles. The Morgan fingerprint density at radius 1 is 1.31 bits per heavy atom. The largest absolute Gasteiger partial charge is 0.378 e. The molecule has 0 aliphatic carbocycles. The topological polar surface area (TPSA) is 76.5 Å². The highest BCUT2D eigenvalue weighted by Gasteiger charge is 2.44. The summed E-state index contributed by atoms with van der Waals surface area (Å²) in [6, 6.07) is 0.151. The van der Waals surface area contributed by atoms with Crippen LogP contribution in [0.15, 0.2) is 17.6 Å². The lowest BCUT2D eigenvalue weighted by atomic mass is 9.95. The van der Waals surface area contributed by atoms with Gasteiger partial charge in [0.2, 0.25) is 0 Å². The number of sulfonamides is 1. The maximum atomic E-state index is 13.0. The molecule has 1 aromatic rings. The molecule has 0 amide bonds. The second kappa shape index (κ2) is 8.82. The van der Waals surface area contributed by atoms with Gasteiger partial charge in [-0.3, -0.25) is 0 Å². The molecule has 3 rings (SSSR count). The fraction of sp³-hybridized carbons (Fsp3) is 0.833. The summed E-state index contributed by atoms with van der Waals surface area (Å²) in [5, 5.41) is 3.75. The first-order valence-corrected chi connectivity index (χ1v) is 11.3. The van der Waals surface area contributed by atoms with Gasteiger partial charge in [-0.05, 0) is 25.8 Å². The Bertz CT molecular complexity index is 670. The van der Waals surface area contributed by atoms with Crippen LogP contribution in [0, 0.1) is 5.92 Å². The van der Waals surface area contributed by atoms with Crippen molar-refractivity contribution in [1.29, 1.82) is 0 Å². The molecule has 0 spiro atoms. The SMILES string of the molecule is CCCCCCNC1CN(S(=O)(=O)c2cn(C)cn2)CC1[C@@H]1CCCO1. The normalized spacial score (nSPS) is 27.4. The minimum absolute atomic E-state index is 0.134. The summed E-state index contributed by atoms with van der Waals surface area (Å²) < 4.78 is 35.1. The molecule has 0 radical (unpaired) electrons. The van der Waals surface area contributed by atoms with E-state index in [0.29, 0.717) is 13.1 Å². The van der Waals surface area contributed by atoms with Gasteiger partial charge in [-0.25, -0.2) is 13.4 Å². The molecule has 1 N–H and O–H groups in total. The van der Waals surface area contributed by atoms with Crippen LogP contribution >= 0.6 is 0 Å². The first-order valence-electron chi connectivity index (χ1n) is 9.85. The number of unbranched alkanes of at least 4 members (excludes halogenated alkanes) is 3. The van der Waals surface area contributed by atoms with E-state index >= 15 is 0 Å². The summed E-state index contributed by atoms with van der Waals surface area (Å²) in [5.41, 5.74) is 0. The van der Waals surface area contributed by atoms with Crippen molar-refractivity contribution in [1.82, 2.24) is 19.2 Å². The Morgan fingerprint density at radius 3 is 2.81 bits per heavy atom. The van der Waals surface area contributed by atoms with E-state index in [-0.39, 0.29) is 23.1 Å². The van der Waals surface area contributed by atoms with Gasteiger partial charge in [0.25, 0.3) is 10.0 Å². The van der Waals surface area contributed by atoms with E-state index in [2.05, 4.69) is 17.2 Å². The highest BCUT2D eigenvalue weighted by molar-refractivity contribution is 7.89. The molecule has 7 nitrogen and oxygen atoms in total. The first kappa shape index (κ1) is 19.8. The van der Waals surface area contributed by atoms with Crippen LogP contribution in [-0.4, -0.2) is 60.7 Å². The van der Waals surface area contributed by atoms with Crippen molar-refractivity contribution < 1.29 is 13.2 Å². The maximum Gasteiger partial charge on any atom is 0.262 e. The maximum absolute atomic E-state index is 13.0. The van der Waals surface area contributed by atoms with Gasteiger partial charge in [-0.2, -0.15) is 4.31 Å². The lowest BCUT2D eigenvalue weighted by Gasteiger charge is -2.24. The van der Waals surface area contributed by atoms with Gasteiger partial charge in [0.1, 0.15) is 0 Å². The number of nitrogens with zero attached hydrogens (tertiary/aromatic N) is 3. The molecule has 148 valence electrons. The number of rotatable bonds is 9. The van der Waals surface area contributed by atoms with Crippen LogP contribution in [0.2, 0.25) is 0 Å². The summed E-state index contributed by atoms with van der Waals surface area (Å²) in [7, 11) is -1.76. The Labute approximate surface area is 157 Å². The number of ether oxygens (including phenoxy) is 1. The lowest BCUT2D eigenvalue weighted by molar-refractivity contribution is 0.0590. The van der Waals surface area contributed by atoms with Gasteiger partial charge < -0.3 is 14.6 Å². The fourth-order valence-electron chi connectivity index (χ4n) is 4.01. The van der Waals surface area contributed by atoms with Crippen LogP contribution in [-0.2, 0) is 21.8 Å². The van der Waals surface area contributed by atoms with Crippen LogP contribution in [0.3, 0.4) is 0 Å². The van der Waals surface area contributed by atoms with Crippen molar-refractivity contribution >= 4 is 10.0 Å². The number of aryl methyl sites for hydroxylation is 1. The van der Waals surface area contributed by atoms with Crippen LogP contribution in [0.25, 0.3) is 0 Å². The van der Waals surface area contributed by atoms with Crippen molar-refractivity contribution in [2.75, 3.05) is 26.2 Å². The molecule has 2 unspecified atom stereocenters. The molecule has 2 saturated heterocycles. The third kappa shape index (κ3) is 4.47. The third-order valence-corrected chi connectivity index (χ3v) is 7.21. The van der Waals surface area contributed by atoms with Gasteiger partial charge in [-0.1, -0.05) is 26.2 Å². The Morgan fingerprint density at radius 2 is 2.15 bits per heavy atom. The third-order valence-electron chi connectivity index (χ3n) is 5.50. The van der Waals surface area contributed by atoms with Crippen molar-refractivity contribution in [2.24, 2.45) is 13.0 Å². The molecule has 2 aliphatic heterocycles. The van der Waals surface area contributed by atoms with E-state index in [1.165, 1.54) is 25.6 Å². The van der Waals surface area contributed by atoms with Crippen molar-refractivity contribution in [3.63, 3.8) is 0 Å². The van der Waals surface area contributed by atoms with E-state index in [4.69, 9.17) is 4.74 Å². The average Bonchev–Trinajstić information content (AvgIpc) is 3.34. The van der Waals surface area contributed by atoms with Crippen molar-refractivity contribution in [3.05, 3.63) is 12.5 Å². The molecule has 26 heavy (non-hydrogen) atoms. The van der Waals surface area contributed by atoms with E-state index in [1.54, 1.807) is 22.1 Å². The average molecular weight is 385 g/mol. The van der Waals surface area contributed by atoms with Gasteiger partial charge in [-0.15, -0.1) is 0 Å². The highest BCUT2D eigenvalue weighted by Crippen LogP contribution is 2.31. The van der Waals surface area contributed by atoms with Gasteiger partial charge >= 0.3 is 0 Å². The molecule has 2 aliphatic rings. The molecule has 0 saturated carbocycles. The summed E-state index contributed by atoms with van der Waals surface area (Å²) in [6.07, 6.45) is 10.2. The van der Waals surface area contributed by atoms with E-state index in [0.717, 1.165) is 32.4 Å². The zero-order valence-corrected chi connectivity index (χ0v) is 16.7. The van der Waals surface area contributed by atoms with Crippen molar-refractivity contribution in [2.45, 2.75) is 62.6 Å². The minimum Gasteiger partial charge on any atom is -0.378 e. The smallest absolute Gasteiger partial charge is 0.262 e. The number of hydrogen-bond donors (Lipinski definition) is 1. The summed E-state index contributed by atoms with van der Waals surface area (Å²) in [4.78, 5) is 4.06. The number of hydrogen-bond acceptors (Lipinski definition) is 5. The van der Waals surface area contributed by atoms with Gasteiger partial charge in [0, 0.05) is 44.9 Å². The molecule has 2 fully saturated rings. The predicted molar refractivity (Wildman–Crippen MR) is 100 cm³/mol. The van der Waals surface area contributed by atoms with Crippen molar-refractivity contribution in [3.8, 4) is 0 Å². The van der Waals surface area contributed by atoms with Crippen LogP contribution in [0.4, 0.5) is 0 Å². The zero-order chi connectivity index (χ0) is 18.6. The van der Waals surface area contributed by atoms with Crippen LogP contribution < -0.4 is 5.32 Å². The fourth-order valence-corrected chi connectivity index (χ4v) is 5.48. The monoisotopic (exact) mass is 384 g/mol. The summed E-state index contributed by atoms with van der Waals surface area (Å²) in [5.74, 6) is 0.210. The highest BCUT2D eigenvalue weighted by atomic mass is 32.2. The lowest BCUT2D eigenvalue weighted by Crippen LogP contribution is -2.41. The zero-order valence-electron chi connectivity index (χ0n) is 15.9. The van der Waals surface area contributed by atoms with E-state index in [1.807, 2.05) is 0 Å². The first-order chi connectivity index (χ1) is 12.5. The second-order valence-corrected chi connectivity index (χ2v) is 9.42. The Balaban J connectivity index is 1.67. The molecule has 8 heteroatoms. The number of aromatic nitrogens is 2. The molecule has 3 atom stereocenters. The van der Waals surface area contributed by atoms with E-state index < -0.39 is 10.0 Å². The number of nitrogens with one attached hydrogen (secondary N) is 1. The Hall–Kier alpha value is -0.960. The van der Waals surface area contributed by atoms with Crippen LogP contribution in [0.5, 0.6) is 0 Å². The van der Waals surface area contributed by atoms with Gasteiger partial charge in [0.05, 0.1) is 12.4 Å². The minimum atomic E-state index is -3.55. The molecule has 3 heterocycles. The quantitative estimate of drug-likeness (QED) is 0.657. The second-order valence-electron chi connectivity index (χ2n) is 7.54. The molecule has 0 aromatic carbocycles. The predicted octanol–water partition coefficient (Wildman–Crippen LogP) is 1.76. The summed E-state index contributed by atoms with van der Waals surface area (Å²) >= 11 is 0. The van der Waals surface area contributed by atoms with E-state index in [9.17, 15) is 8.42 Å². The molecular formula is C18H32N4O3S. The van der Waals surface area contributed by atoms with Crippen LogP contribution in [0.1, 0.15) is 45.4 Å². The standard InChI is InChI=1S/C18H32N4O3S/c1-3-4-5-6-9-19-16-12-22(11-15(16)17-8-7-10-25-17)26(23,24)18-13-21(2)14-20-18/h13-17,19H,3-12H2,1-2H3/t15?,16?,17-/m0/s1. The van der Waals surface area contributed by atoms with Gasteiger partial charge in [0.15, 0.2) is 5.03 Å². The summed E-state index contributed by atoms with van der Waals surface area (Å²) in [6.45, 7) is 4.94. The molecule has 0 bridgehead atoms. The molecular weight excluding hydrogens is 352 g/mol. The Kier molecular flexibility index (Phi) is 6.71. The number of imidazole rings is 1.